The third-order valence-corrected chi connectivity index (χ3v) is 7.14. The molecule has 0 aliphatic carbocycles. The summed E-state index contributed by atoms with van der Waals surface area (Å²) in [6.45, 7) is 3.20. The van der Waals surface area contributed by atoms with Gasteiger partial charge >= 0.3 is 0 Å². The van der Waals surface area contributed by atoms with Crippen LogP contribution in [0.4, 0.5) is 15.8 Å². The molecule has 34 heavy (non-hydrogen) atoms. The van der Waals surface area contributed by atoms with E-state index in [1.165, 1.54) is 6.07 Å². The van der Waals surface area contributed by atoms with Gasteiger partial charge in [0.15, 0.2) is 0 Å². The molecule has 3 saturated heterocycles. The Labute approximate surface area is 195 Å². The summed E-state index contributed by atoms with van der Waals surface area (Å²) in [4.78, 5) is 26.7. The van der Waals surface area contributed by atoms with Gasteiger partial charge in [0.05, 0.1) is 34.5 Å². The maximum Gasteiger partial charge on any atom is 0.261 e. The molecule has 0 amide bonds. The van der Waals surface area contributed by atoms with Gasteiger partial charge in [-0.1, -0.05) is 12.1 Å². The first kappa shape index (κ1) is 21.1. The number of halogens is 1. The number of aromatic amines is 2. The van der Waals surface area contributed by atoms with Crippen LogP contribution in [-0.2, 0) is 0 Å². The molecule has 3 aliphatic heterocycles. The number of hydrogen-bond donors (Lipinski definition) is 5. The normalized spacial score (nSPS) is 21.9. The number of hydrogen-bond acceptors (Lipinski definition) is 6. The van der Waals surface area contributed by atoms with Crippen LogP contribution >= 0.6 is 0 Å². The van der Waals surface area contributed by atoms with Crippen LogP contribution < -0.4 is 16.2 Å². The Kier molecular flexibility index (Phi) is 5.23. The van der Waals surface area contributed by atoms with Crippen molar-refractivity contribution in [3.05, 3.63) is 52.6 Å². The topological polar surface area (TPSA) is 109 Å². The highest BCUT2D eigenvalue weighted by molar-refractivity contribution is 6.00. The smallest absolute Gasteiger partial charge is 0.261 e. The van der Waals surface area contributed by atoms with E-state index in [1.807, 2.05) is 24.3 Å². The van der Waals surface area contributed by atoms with Gasteiger partial charge in [-0.2, -0.15) is 0 Å². The average Bonchev–Trinajstić information content (AvgIpc) is 3.28. The second kappa shape index (κ2) is 8.41. The van der Waals surface area contributed by atoms with Gasteiger partial charge in [0.2, 0.25) is 0 Å². The number of imidazole rings is 1. The summed E-state index contributed by atoms with van der Waals surface area (Å²) < 4.78 is 15.1. The number of benzene rings is 2. The first-order chi connectivity index (χ1) is 16.6. The minimum absolute atomic E-state index is 0.120. The molecule has 2 bridgehead atoms. The summed E-state index contributed by atoms with van der Waals surface area (Å²) in [5.41, 5.74) is 3.05. The number of aromatic nitrogens is 3. The van der Waals surface area contributed by atoms with Crippen molar-refractivity contribution in [2.45, 2.75) is 18.9 Å². The number of nitrogens with one attached hydrogen (secondary N) is 4. The quantitative estimate of drug-likeness (QED) is 0.301. The molecule has 0 saturated carbocycles. The Balaban J connectivity index is 1.54. The number of nitrogens with zero attached hydrogens (tertiary/aromatic N) is 2. The molecule has 7 rings (SSSR count). The molecular weight excluding hydrogens is 435 g/mol. The molecule has 2 aromatic carbocycles. The van der Waals surface area contributed by atoms with E-state index in [2.05, 4.69) is 30.5 Å². The SMILES string of the molecule is O=c1[nH]c2cc(NCCO)c(F)cc2c(N[C@@H]2CN3CCC2CC3)c1-c1nc2ccccc2[nH]1. The molecule has 5 heterocycles. The molecule has 0 spiro atoms. The monoisotopic (exact) mass is 462 g/mol. The van der Waals surface area contributed by atoms with E-state index < -0.39 is 5.82 Å². The minimum atomic E-state index is -0.444. The van der Waals surface area contributed by atoms with Crippen molar-refractivity contribution in [2.24, 2.45) is 5.92 Å². The molecule has 2 aromatic heterocycles. The Hall–Kier alpha value is -3.43. The van der Waals surface area contributed by atoms with Crippen LogP contribution in [0.3, 0.4) is 0 Å². The summed E-state index contributed by atoms with van der Waals surface area (Å²) in [5.74, 6) is 0.523. The zero-order chi connectivity index (χ0) is 23.2. The Morgan fingerprint density at radius 2 is 1.97 bits per heavy atom. The van der Waals surface area contributed by atoms with Crippen LogP contribution in [0.1, 0.15) is 12.8 Å². The molecule has 9 heteroatoms. The number of rotatable bonds is 6. The molecule has 8 nitrogen and oxygen atoms in total. The van der Waals surface area contributed by atoms with E-state index >= 15 is 4.39 Å². The fourth-order valence-corrected chi connectivity index (χ4v) is 5.40. The lowest BCUT2D eigenvalue weighted by Gasteiger charge is -2.45. The molecule has 3 aliphatic rings. The Morgan fingerprint density at radius 3 is 2.71 bits per heavy atom. The number of H-pyrrole nitrogens is 2. The fourth-order valence-electron chi connectivity index (χ4n) is 5.40. The van der Waals surface area contributed by atoms with Gasteiger partial charge in [-0.15, -0.1) is 0 Å². The fraction of sp³-hybridized carbons (Fsp3) is 0.360. The summed E-state index contributed by atoms with van der Waals surface area (Å²) >= 11 is 0. The van der Waals surface area contributed by atoms with E-state index in [1.54, 1.807) is 6.07 Å². The van der Waals surface area contributed by atoms with Crippen molar-refractivity contribution in [1.29, 1.82) is 0 Å². The van der Waals surface area contributed by atoms with Crippen LogP contribution in [0, 0.1) is 11.7 Å². The van der Waals surface area contributed by atoms with Crippen LogP contribution in [0.2, 0.25) is 0 Å². The number of para-hydroxylation sites is 2. The summed E-state index contributed by atoms with van der Waals surface area (Å²) in [6.07, 6.45) is 2.23. The second-order valence-corrected chi connectivity index (χ2v) is 9.22. The van der Waals surface area contributed by atoms with E-state index in [-0.39, 0.29) is 30.4 Å². The third kappa shape index (κ3) is 3.61. The third-order valence-electron chi connectivity index (χ3n) is 7.14. The molecule has 0 unspecified atom stereocenters. The number of pyridine rings is 1. The van der Waals surface area contributed by atoms with Crippen molar-refractivity contribution < 1.29 is 9.50 Å². The summed E-state index contributed by atoms with van der Waals surface area (Å²) in [5, 5.41) is 16.2. The van der Waals surface area contributed by atoms with Gasteiger partial charge in [-0.3, -0.25) is 4.79 Å². The van der Waals surface area contributed by atoms with Crippen LogP contribution in [0.5, 0.6) is 0 Å². The van der Waals surface area contributed by atoms with Gasteiger partial charge < -0.3 is 30.6 Å². The van der Waals surface area contributed by atoms with Crippen molar-refractivity contribution in [3.63, 3.8) is 0 Å². The first-order valence-electron chi connectivity index (χ1n) is 11.8. The largest absolute Gasteiger partial charge is 0.395 e. The lowest BCUT2D eigenvalue weighted by atomic mass is 9.83. The average molecular weight is 463 g/mol. The predicted molar refractivity (Wildman–Crippen MR) is 132 cm³/mol. The summed E-state index contributed by atoms with van der Waals surface area (Å²) in [7, 11) is 0. The molecule has 5 N–H and O–H groups in total. The minimum Gasteiger partial charge on any atom is -0.395 e. The van der Waals surface area contributed by atoms with Gasteiger partial charge in [-0.25, -0.2) is 9.37 Å². The van der Waals surface area contributed by atoms with Crippen LogP contribution in [-0.4, -0.2) is 63.8 Å². The number of aliphatic hydroxyl groups is 1. The number of anilines is 2. The predicted octanol–water partition coefficient (Wildman–Crippen LogP) is 3.12. The standard InChI is InChI=1S/C25H27FN6O2/c26-16-11-15-19(12-20(16)27-7-10-33)31-25(34)22(24-29-17-3-1-2-4-18(17)30-24)23(15)28-21-13-32-8-5-14(21)6-9-32/h1-4,11-12,14,21,27,33H,5-10,13H2,(H,29,30)(H2,28,31,34)/t21-/m1/s1. The van der Waals surface area contributed by atoms with E-state index in [0.29, 0.717) is 33.9 Å². The van der Waals surface area contributed by atoms with Gasteiger partial charge in [0.1, 0.15) is 17.2 Å². The van der Waals surface area contributed by atoms with Gasteiger partial charge in [-0.05, 0) is 56.1 Å². The van der Waals surface area contributed by atoms with E-state index in [9.17, 15) is 4.79 Å². The van der Waals surface area contributed by atoms with E-state index in [0.717, 1.165) is 43.5 Å². The Morgan fingerprint density at radius 1 is 1.15 bits per heavy atom. The lowest BCUT2D eigenvalue weighted by molar-refractivity contribution is 0.0976. The summed E-state index contributed by atoms with van der Waals surface area (Å²) in [6, 6.07) is 10.8. The first-order valence-corrected chi connectivity index (χ1v) is 11.8. The second-order valence-electron chi connectivity index (χ2n) is 9.22. The zero-order valence-corrected chi connectivity index (χ0v) is 18.7. The number of piperidine rings is 3. The highest BCUT2D eigenvalue weighted by Gasteiger charge is 2.35. The maximum absolute atomic E-state index is 15.1. The molecule has 1 atom stereocenters. The molecule has 176 valence electrons. The van der Waals surface area contributed by atoms with Crippen molar-refractivity contribution in [2.75, 3.05) is 43.4 Å². The molecule has 4 aromatic rings. The van der Waals surface area contributed by atoms with Gasteiger partial charge in [0, 0.05) is 24.5 Å². The number of fused-ring (bicyclic) bond motifs is 5. The number of aliphatic hydroxyl groups excluding tert-OH is 1. The molecule has 3 fully saturated rings. The molecular formula is C25H27FN6O2. The zero-order valence-electron chi connectivity index (χ0n) is 18.7. The van der Waals surface area contributed by atoms with Crippen LogP contribution in [0.25, 0.3) is 33.3 Å². The Bertz CT molecular complexity index is 1390. The highest BCUT2D eigenvalue weighted by atomic mass is 19.1. The van der Waals surface area contributed by atoms with Crippen molar-refractivity contribution >= 4 is 33.3 Å². The molecule has 0 radical (unpaired) electrons. The van der Waals surface area contributed by atoms with Crippen molar-refractivity contribution in [3.8, 4) is 11.4 Å². The van der Waals surface area contributed by atoms with E-state index in [4.69, 9.17) is 5.11 Å². The highest BCUT2D eigenvalue weighted by Crippen LogP contribution is 2.37. The van der Waals surface area contributed by atoms with Gasteiger partial charge in [0.25, 0.3) is 5.56 Å². The lowest BCUT2D eigenvalue weighted by Crippen LogP contribution is -2.53. The maximum atomic E-state index is 15.1. The van der Waals surface area contributed by atoms with Crippen molar-refractivity contribution in [1.82, 2.24) is 19.9 Å². The van der Waals surface area contributed by atoms with Crippen LogP contribution in [0.15, 0.2) is 41.2 Å².